The number of hydrogen-bond acceptors (Lipinski definition) is 4. The van der Waals surface area contributed by atoms with Crippen LogP contribution in [0.5, 0.6) is 11.5 Å². The zero-order valence-corrected chi connectivity index (χ0v) is 20.6. The Hall–Kier alpha value is -3.86. The fourth-order valence-electron chi connectivity index (χ4n) is 3.80. The molecule has 35 heavy (non-hydrogen) atoms. The van der Waals surface area contributed by atoms with Gasteiger partial charge in [0.25, 0.3) is 0 Å². The first-order valence-corrected chi connectivity index (χ1v) is 12.0. The fourth-order valence-corrected chi connectivity index (χ4v) is 3.80. The van der Waals surface area contributed by atoms with Gasteiger partial charge in [0.2, 0.25) is 5.91 Å². The summed E-state index contributed by atoms with van der Waals surface area (Å²) in [5.41, 5.74) is 4.24. The number of nitrogens with zero attached hydrogens (tertiary/aromatic N) is 1. The van der Waals surface area contributed by atoms with Crippen molar-refractivity contribution in [2.75, 3.05) is 20.8 Å². The van der Waals surface area contributed by atoms with Crippen LogP contribution in [0, 0.1) is 0 Å². The Balaban J connectivity index is 1.52. The summed E-state index contributed by atoms with van der Waals surface area (Å²) in [4.78, 5) is 16.4. The molecular weight excluding hydrogens is 436 g/mol. The van der Waals surface area contributed by atoms with Crippen LogP contribution in [0.2, 0.25) is 0 Å². The van der Waals surface area contributed by atoms with Gasteiger partial charge in [-0.05, 0) is 71.9 Å². The van der Waals surface area contributed by atoms with E-state index in [2.05, 4.69) is 16.4 Å². The Morgan fingerprint density at radius 1 is 0.886 bits per heavy atom. The van der Waals surface area contributed by atoms with Crippen molar-refractivity contribution in [3.05, 3.63) is 108 Å². The highest BCUT2D eigenvalue weighted by atomic mass is 16.5. The van der Waals surface area contributed by atoms with Crippen LogP contribution in [0.15, 0.2) is 91.3 Å². The van der Waals surface area contributed by atoms with Crippen LogP contribution in [0.1, 0.15) is 42.4 Å². The number of allylic oxidation sites excluding steroid dienone is 2. The molecule has 0 aliphatic carbocycles. The number of unbranched alkanes of at least 4 members (excludes halogenated alkanes) is 3. The summed E-state index contributed by atoms with van der Waals surface area (Å²) in [7, 11) is 3.30. The highest BCUT2D eigenvalue weighted by Crippen LogP contribution is 2.28. The number of carbonyl (C=O) groups excluding carboxylic acids is 1. The van der Waals surface area contributed by atoms with Crippen LogP contribution in [-0.4, -0.2) is 31.7 Å². The summed E-state index contributed by atoms with van der Waals surface area (Å²) in [6, 6.07) is 19.8. The van der Waals surface area contributed by atoms with Crippen molar-refractivity contribution >= 4 is 11.5 Å². The summed E-state index contributed by atoms with van der Waals surface area (Å²) in [5, 5.41) is 2.98. The van der Waals surface area contributed by atoms with E-state index in [4.69, 9.17) is 9.47 Å². The Morgan fingerprint density at radius 3 is 2.20 bits per heavy atom. The molecule has 0 unspecified atom stereocenters. The molecule has 5 nitrogen and oxygen atoms in total. The van der Waals surface area contributed by atoms with E-state index in [1.807, 2.05) is 66.9 Å². The first-order valence-electron chi connectivity index (χ1n) is 12.0. The zero-order chi connectivity index (χ0) is 24.7. The van der Waals surface area contributed by atoms with E-state index < -0.39 is 0 Å². The van der Waals surface area contributed by atoms with Gasteiger partial charge in [0.1, 0.15) is 11.5 Å². The summed E-state index contributed by atoms with van der Waals surface area (Å²) in [5.74, 6) is 1.46. The second-order valence-electron chi connectivity index (χ2n) is 8.22. The van der Waals surface area contributed by atoms with Gasteiger partial charge in [-0.1, -0.05) is 55.3 Å². The minimum Gasteiger partial charge on any atom is -0.497 e. The van der Waals surface area contributed by atoms with E-state index in [9.17, 15) is 4.79 Å². The number of nitrogens with one attached hydrogen (secondary N) is 1. The number of carbonyl (C=O) groups is 1. The van der Waals surface area contributed by atoms with Gasteiger partial charge in [0.15, 0.2) is 0 Å². The van der Waals surface area contributed by atoms with Gasteiger partial charge in [-0.15, -0.1) is 0 Å². The van der Waals surface area contributed by atoms with Crippen LogP contribution in [0.4, 0.5) is 0 Å². The summed E-state index contributed by atoms with van der Waals surface area (Å²) in [6.07, 6.45) is 14.4. The lowest BCUT2D eigenvalue weighted by atomic mass is 9.97. The van der Waals surface area contributed by atoms with Crippen LogP contribution >= 0.6 is 0 Å². The number of aromatic nitrogens is 1. The minimum atomic E-state index is -0.0905. The maximum atomic E-state index is 12.3. The van der Waals surface area contributed by atoms with E-state index in [1.54, 1.807) is 32.6 Å². The third kappa shape index (κ3) is 8.78. The molecule has 0 aliphatic rings. The van der Waals surface area contributed by atoms with Crippen LogP contribution in [-0.2, 0) is 11.2 Å². The molecule has 0 saturated heterocycles. The molecule has 3 rings (SSSR count). The van der Waals surface area contributed by atoms with Crippen molar-refractivity contribution in [3.8, 4) is 11.5 Å². The van der Waals surface area contributed by atoms with E-state index in [-0.39, 0.29) is 5.91 Å². The largest absolute Gasteiger partial charge is 0.497 e. The molecule has 0 saturated carbocycles. The molecule has 0 bridgehead atoms. The second-order valence-corrected chi connectivity index (χ2v) is 8.22. The predicted octanol–water partition coefficient (Wildman–Crippen LogP) is 6.01. The summed E-state index contributed by atoms with van der Waals surface area (Å²) in [6.45, 7) is 0.679. The topological polar surface area (TPSA) is 60.5 Å². The third-order valence-corrected chi connectivity index (χ3v) is 5.69. The first kappa shape index (κ1) is 25.8. The molecule has 1 amide bonds. The van der Waals surface area contributed by atoms with Gasteiger partial charge in [0.05, 0.1) is 14.2 Å². The molecule has 1 N–H and O–H groups in total. The number of rotatable bonds is 13. The molecule has 182 valence electrons. The predicted molar refractivity (Wildman–Crippen MR) is 142 cm³/mol. The number of hydrogen-bond donors (Lipinski definition) is 1. The second kappa shape index (κ2) is 14.4. The standard InChI is InChI=1S/C30H34N2O3/c1-34-27-15-7-13-25(21-27)29(26-14-8-16-28(22-26)35-2)17-9-18-30(33)32-20-6-4-3-5-11-24-12-10-19-31-23-24/h7-10,12-19,21-23H,3-6,11,20H2,1-2H3,(H,32,33). The molecule has 0 fully saturated rings. The zero-order valence-electron chi connectivity index (χ0n) is 20.6. The first-order chi connectivity index (χ1) is 17.2. The van der Waals surface area contributed by atoms with Crippen LogP contribution in [0.25, 0.3) is 5.57 Å². The van der Waals surface area contributed by atoms with E-state index in [0.29, 0.717) is 6.54 Å². The molecule has 1 heterocycles. The molecule has 2 aromatic carbocycles. The van der Waals surface area contributed by atoms with Crippen molar-refractivity contribution < 1.29 is 14.3 Å². The van der Waals surface area contributed by atoms with Crippen molar-refractivity contribution in [1.29, 1.82) is 0 Å². The summed E-state index contributed by atoms with van der Waals surface area (Å²) >= 11 is 0. The normalized spacial score (nSPS) is 10.7. The van der Waals surface area contributed by atoms with Gasteiger partial charge in [-0.25, -0.2) is 0 Å². The molecular formula is C30H34N2O3. The smallest absolute Gasteiger partial charge is 0.243 e. The SMILES string of the molecule is COc1cccc(C(=CC=CC(=O)NCCCCCCc2cccnc2)c2cccc(OC)c2)c1. The Kier molecular flexibility index (Phi) is 10.6. The highest BCUT2D eigenvalue weighted by molar-refractivity contribution is 5.89. The number of amides is 1. The number of aryl methyl sites for hydroxylation is 1. The molecule has 1 aromatic heterocycles. The average molecular weight is 471 g/mol. The van der Waals surface area contributed by atoms with Gasteiger partial charge in [0, 0.05) is 25.0 Å². The maximum Gasteiger partial charge on any atom is 0.243 e. The van der Waals surface area contributed by atoms with Crippen LogP contribution < -0.4 is 14.8 Å². The number of benzene rings is 2. The number of methoxy groups -OCH3 is 2. The lowest BCUT2D eigenvalue weighted by molar-refractivity contribution is -0.116. The van der Waals surface area contributed by atoms with Crippen molar-refractivity contribution in [2.24, 2.45) is 0 Å². The molecule has 0 atom stereocenters. The highest BCUT2D eigenvalue weighted by Gasteiger charge is 2.07. The monoisotopic (exact) mass is 470 g/mol. The maximum absolute atomic E-state index is 12.3. The third-order valence-electron chi connectivity index (χ3n) is 5.69. The lowest BCUT2D eigenvalue weighted by Gasteiger charge is -2.11. The van der Waals surface area contributed by atoms with E-state index >= 15 is 0 Å². The summed E-state index contributed by atoms with van der Waals surface area (Å²) < 4.78 is 10.8. The fraction of sp³-hybridized carbons (Fsp3) is 0.267. The molecule has 0 spiro atoms. The number of pyridine rings is 1. The van der Waals surface area contributed by atoms with E-state index in [0.717, 1.165) is 60.3 Å². The van der Waals surface area contributed by atoms with Gasteiger partial charge in [-0.3, -0.25) is 9.78 Å². The van der Waals surface area contributed by atoms with Gasteiger partial charge >= 0.3 is 0 Å². The van der Waals surface area contributed by atoms with Crippen molar-refractivity contribution in [3.63, 3.8) is 0 Å². The Morgan fingerprint density at radius 2 is 1.57 bits per heavy atom. The lowest BCUT2D eigenvalue weighted by Crippen LogP contribution is -2.21. The Bertz CT molecular complexity index is 1070. The minimum absolute atomic E-state index is 0.0905. The average Bonchev–Trinajstić information content (AvgIpc) is 2.91. The van der Waals surface area contributed by atoms with E-state index in [1.165, 1.54) is 5.56 Å². The molecule has 5 heteroatoms. The van der Waals surface area contributed by atoms with Crippen molar-refractivity contribution in [2.45, 2.75) is 32.1 Å². The number of ether oxygens (including phenoxy) is 2. The molecule has 3 aromatic rings. The van der Waals surface area contributed by atoms with Gasteiger partial charge < -0.3 is 14.8 Å². The van der Waals surface area contributed by atoms with Gasteiger partial charge in [-0.2, -0.15) is 0 Å². The molecule has 0 radical (unpaired) electrons. The quantitative estimate of drug-likeness (QED) is 0.189. The van der Waals surface area contributed by atoms with Crippen molar-refractivity contribution in [1.82, 2.24) is 10.3 Å². The molecule has 0 aliphatic heterocycles. The Labute approximate surface area is 208 Å². The van der Waals surface area contributed by atoms with Crippen LogP contribution in [0.3, 0.4) is 0 Å².